The second kappa shape index (κ2) is 15.3. The highest BCUT2D eigenvalue weighted by Crippen LogP contribution is 2.10. The minimum Gasteiger partial charge on any atom is -0.480 e. The molecule has 5 heteroatoms. The molecule has 0 aromatic carbocycles. The number of aliphatic carboxylic acids is 1. The molecule has 0 saturated carbocycles. The Kier molecular flexibility index (Phi) is 14.5. The molecule has 0 radical (unpaired) electrons. The first-order valence-electron chi connectivity index (χ1n) is 8.12. The lowest BCUT2D eigenvalue weighted by Crippen LogP contribution is -2.16. The summed E-state index contributed by atoms with van der Waals surface area (Å²) in [5.74, 6) is -1.58. The number of carbonyl (C=O) groups excluding carboxylic acids is 1. The molecule has 21 heavy (non-hydrogen) atoms. The molecule has 0 aromatic heterocycles. The van der Waals surface area contributed by atoms with Crippen molar-refractivity contribution in [3.05, 3.63) is 0 Å². The first-order valence-corrected chi connectivity index (χ1v) is 8.12. The highest BCUT2D eigenvalue weighted by atomic mass is 16.6. The Morgan fingerprint density at radius 2 is 1.33 bits per heavy atom. The molecule has 0 aliphatic rings. The Morgan fingerprint density at radius 3 is 1.86 bits per heavy atom. The van der Waals surface area contributed by atoms with Gasteiger partial charge in [0, 0.05) is 0 Å². The van der Waals surface area contributed by atoms with E-state index in [-0.39, 0.29) is 6.61 Å². The first-order chi connectivity index (χ1) is 10.2. The lowest BCUT2D eigenvalue weighted by atomic mass is 10.1. The van der Waals surface area contributed by atoms with Crippen LogP contribution in [0.3, 0.4) is 0 Å². The van der Waals surface area contributed by atoms with Crippen LogP contribution in [0.2, 0.25) is 0 Å². The molecule has 0 fully saturated rings. The van der Waals surface area contributed by atoms with Crippen molar-refractivity contribution >= 4 is 11.9 Å². The van der Waals surface area contributed by atoms with Crippen molar-refractivity contribution < 1.29 is 24.2 Å². The van der Waals surface area contributed by atoms with Crippen LogP contribution in [0.25, 0.3) is 0 Å². The number of carbonyl (C=O) groups is 2. The largest absolute Gasteiger partial charge is 0.480 e. The van der Waals surface area contributed by atoms with Gasteiger partial charge in [0.25, 0.3) is 0 Å². The Bertz CT molecular complexity index is 265. The molecule has 0 heterocycles. The average molecular weight is 302 g/mol. The minimum absolute atomic E-state index is 0.288. The minimum atomic E-state index is -1.09. The zero-order chi connectivity index (χ0) is 15.8. The van der Waals surface area contributed by atoms with E-state index >= 15 is 0 Å². The van der Waals surface area contributed by atoms with Crippen LogP contribution in [-0.4, -0.2) is 36.9 Å². The zero-order valence-electron chi connectivity index (χ0n) is 13.3. The third kappa shape index (κ3) is 16.8. The van der Waals surface area contributed by atoms with Gasteiger partial charge in [-0.25, -0.2) is 9.59 Å². The van der Waals surface area contributed by atoms with Crippen molar-refractivity contribution in [2.75, 3.05) is 19.8 Å². The van der Waals surface area contributed by atoms with E-state index < -0.39 is 18.5 Å². The van der Waals surface area contributed by atoms with Crippen LogP contribution in [0.1, 0.15) is 71.1 Å². The molecular weight excluding hydrogens is 272 g/mol. The van der Waals surface area contributed by atoms with Crippen molar-refractivity contribution in [3.8, 4) is 0 Å². The second-order valence-corrected chi connectivity index (χ2v) is 5.29. The Balaban J connectivity index is 3.14. The summed E-state index contributed by atoms with van der Waals surface area (Å²) in [7, 11) is 0. The highest BCUT2D eigenvalue weighted by Gasteiger charge is 2.04. The summed E-state index contributed by atoms with van der Waals surface area (Å²) in [6, 6.07) is 0. The van der Waals surface area contributed by atoms with Crippen LogP contribution in [0.15, 0.2) is 0 Å². The molecule has 0 aliphatic carbocycles. The summed E-state index contributed by atoms with van der Waals surface area (Å²) in [5, 5.41) is 8.33. The molecule has 0 aromatic rings. The van der Waals surface area contributed by atoms with Crippen molar-refractivity contribution in [2.45, 2.75) is 71.1 Å². The molecule has 0 aliphatic heterocycles. The molecule has 124 valence electrons. The fourth-order valence-electron chi connectivity index (χ4n) is 2.04. The van der Waals surface area contributed by atoms with Crippen molar-refractivity contribution in [2.24, 2.45) is 0 Å². The van der Waals surface area contributed by atoms with Crippen molar-refractivity contribution in [1.82, 2.24) is 0 Å². The van der Waals surface area contributed by atoms with Gasteiger partial charge in [0.15, 0.2) is 0 Å². The Morgan fingerprint density at radius 1 is 0.810 bits per heavy atom. The predicted molar refractivity (Wildman–Crippen MR) is 81.3 cm³/mol. The number of hydrogen-bond donors (Lipinski definition) is 1. The van der Waals surface area contributed by atoms with E-state index in [1.54, 1.807) is 0 Å². The molecule has 0 saturated heterocycles. The molecule has 5 nitrogen and oxygen atoms in total. The van der Waals surface area contributed by atoms with E-state index in [0.29, 0.717) is 6.61 Å². The van der Waals surface area contributed by atoms with Gasteiger partial charge in [-0.15, -0.1) is 0 Å². The standard InChI is InChI=1S/C16H30O5/c1-2-3-4-5-6-7-8-9-10-11-12-21-16(19)14-20-13-15(17)18/h2-14H2,1H3,(H,17,18). The van der Waals surface area contributed by atoms with E-state index in [0.717, 1.165) is 12.8 Å². The molecule has 0 amide bonds. The van der Waals surface area contributed by atoms with Gasteiger partial charge in [-0.3, -0.25) is 0 Å². The van der Waals surface area contributed by atoms with Gasteiger partial charge in [0.2, 0.25) is 0 Å². The lowest BCUT2D eigenvalue weighted by molar-refractivity contribution is -0.152. The molecule has 0 rings (SSSR count). The topological polar surface area (TPSA) is 72.8 Å². The Hall–Kier alpha value is -1.10. The summed E-state index contributed by atoms with van der Waals surface area (Å²) >= 11 is 0. The number of esters is 1. The monoisotopic (exact) mass is 302 g/mol. The number of carboxylic acids is 1. The second-order valence-electron chi connectivity index (χ2n) is 5.29. The van der Waals surface area contributed by atoms with Crippen LogP contribution in [0.4, 0.5) is 0 Å². The van der Waals surface area contributed by atoms with Gasteiger partial charge in [0.05, 0.1) is 6.61 Å². The van der Waals surface area contributed by atoms with Crippen molar-refractivity contribution in [1.29, 1.82) is 0 Å². The maximum atomic E-state index is 11.1. The van der Waals surface area contributed by atoms with Crippen LogP contribution in [0, 0.1) is 0 Å². The summed E-state index contributed by atoms with van der Waals surface area (Å²) in [6.07, 6.45) is 12.3. The van der Waals surface area contributed by atoms with Gasteiger partial charge >= 0.3 is 11.9 Å². The lowest BCUT2D eigenvalue weighted by Gasteiger charge is -2.05. The first kappa shape index (κ1) is 19.9. The summed E-state index contributed by atoms with van der Waals surface area (Å²) in [4.78, 5) is 21.3. The summed E-state index contributed by atoms with van der Waals surface area (Å²) < 4.78 is 9.57. The molecular formula is C16H30O5. The summed E-state index contributed by atoms with van der Waals surface area (Å²) in [5.41, 5.74) is 0. The number of carboxylic acid groups (broad SMARTS) is 1. The van der Waals surface area contributed by atoms with Gasteiger partial charge in [0.1, 0.15) is 13.2 Å². The molecule has 0 spiro atoms. The number of ether oxygens (including phenoxy) is 2. The fraction of sp³-hybridized carbons (Fsp3) is 0.875. The van der Waals surface area contributed by atoms with E-state index in [1.807, 2.05) is 0 Å². The highest BCUT2D eigenvalue weighted by molar-refractivity contribution is 5.72. The molecule has 0 bridgehead atoms. The van der Waals surface area contributed by atoms with Crippen LogP contribution in [0.5, 0.6) is 0 Å². The van der Waals surface area contributed by atoms with Gasteiger partial charge in [-0.1, -0.05) is 64.7 Å². The SMILES string of the molecule is CCCCCCCCCCCCOC(=O)COCC(=O)O. The predicted octanol–water partition coefficient (Wildman–Crippen LogP) is 3.55. The average Bonchev–Trinajstić information content (AvgIpc) is 2.44. The normalized spacial score (nSPS) is 10.5. The van der Waals surface area contributed by atoms with E-state index in [9.17, 15) is 9.59 Å². The van der Waals surface area contributed by atoms with Crippen LogP contribution < -0.4 is 0 Å². The van der Waals surface area contributed by atoms with E-state index in [4.69, 9.17) is 9.84 Å². The number of hydrogen-bond acceptors (Lipinski definition) is 4. The maximum Gasteiger partial charge on any atom is 0.332 e. The van der Waals surface area contributed by atoms with Crippen molar-refractivity contribution in [3.63, 3.8) is 0 Å². The quantitative estimate of drug-likeness (QED) is 0.370. The Labute approximate surface area is 128 Å². The number of rotatable bonds is 15. The zero-order valence-corrected chi connectivity index (χ0v) is 13.3. The molecule has 0 atom stereocenters. The number of unbranched alkanes of at least 4 members (excludes halogenated alkanes) is 9. The van der Waals surface area contributed by atoms with Crippen LogP contribution in [-0.2, 0) is 19.1 Å². The third-order valence-electron chi connectivity index (χ3n) is 3.21. The summed E-state index contributed by atoms with van der Waals surface area (Å²) in [6.45, 7) is 1.87. The van der Waals surface area contributed by atoms with Gasteiger partial charge < -0.3 is 14.6 Å². The van der Waals surface area contributed by atoms with Crippen LogP contribution >= 0.6 is 0 Å². The van der Waals surface area contributed by atoms with E-state index in [2.05, 4.69) is 11.7 Å². The maximum absolute atomic E-state index is 11.1. The molecule has 1 N–H and O–H groups in total. The third-order valence-corrected chi connectivity index (χ3v) is 3.21. The van der Waals surface area contributed by atoms with Gasteiger partial charge in [-0.05, 0) is 6.42 Å². The smallest absolute Gasteiger partial charge is 0.332 e. The molecule has 0 unspecified atom stereocenters. The van der Waals surface area contributed by atoms with E-state index in [1.165, 1.54) is 51.4 Å². The van der Waals surface area contributed by atoms with Gasteiger partial charge in [-0.2, -0.15) is 0 Å². The fourth-order valence-corrected chi connectivity index (χ4v) is 2.04.